The summed E-state index contributed by atoms with van der Waals surface area (Å²) in [6.45, 7) is 8.82. The maximum absolute atomic E-state index is 11.0. The second-order valence-electron chi connectivity index (χ2n) is 9.50. The van der Waals surface area contributed by atoms with E-state index in [2.05, 4.69) is 77.0 Å². The van der Waals surface area contributed by atoms with Gasteiger partial charge in [0.2, 0.25) is 0 Å². The molecular formula is C27H42N4O2P2. The Morgan fingerprint density at radius 3 is 2.34 bits per heavy atom. The molecule has 1 aliphatic carbocycles. The number of carbonyl (C=O) groups excluding carboxylic acids is 1. The first-order valence-corrected chi connectivity index (χ1v) is 13.9. The molecule has 2 aromatic rings. The van der Waals surface area contributed by atoms with Crippen LogP contribution in [-0.2, 0) is 0 Å². The lowest BCUT2D eigenvalue weighted by molar-refractivity contribution is 0.147. The number of nitrogens with one attached hydrogen (secondary N) is 2. The van der Waals surface area contributed by atoms with Crippen LogP contribution in [-0.4, -0.2) is 56.3 Å². The lowest BCUT2D eigenvalue weighted by Gasteiger charge is -2.41. The van der Waals surface area contributed by atoms with Gasteiger partial charge < -0.3 is 20.3 Å². The highest BCUT2D eigenvalue weighted by Crippen LogP contribution is 2.31. The van der Waals surface area contributed by atoms with Gasteiger partial charge in [0.05, 0.1) is 17.5 Å². The Kier molecular flexibility index (Phi) is 11.1. The maximum Gasteiger partial charge on any atom is 0.318 e. The molecule has 1 aliphatic heterocycles. The number of carbonyl (C=O) groups is 1. The molecule has 8 heteroatoms. The Hall–Kier alpha value is -1.87. The summed E-state index contributed by atoms with van der Waals surface area (Å²) in [4.78, 5) is 16.2. The van der Waals surface area contributed by atoms with E-state index in [1.165, 1.54) is 50.9 Å². The number of para-hydroxylation sites is 2. The van der Waals surface area contributed by atoms with E-state index in [1.54, 1.807) is 7.05 Å². The third-order valence-electron chi connectivity index (χ3n) is 6.53. The van der Waals surface area contributed by atoms with Gasteiger partial charge in [0.25, 0.3) is 0 Å². The van der Waals surface area contributed by atoms with Gasteiger partial charge >= 0.3 is 6.03 Å². The number of rotatable bonds is 5. The Morgan fingerprint density at radius 1 is 1.00 bits per heavy atom. The summed E-state index contributed by atoms with van der Waals surface area (Å²) in [5, 5.41) is 7.22. The molecule has 2 N–H and O–H groups in total. The molecule has 1 heterocycles. The van der Waals surface area contributed by atoms with Gasteiger partial charge in [-0.15, -0.1) is 18.5 Å². The summed E-state index contributed by atoms with van der Waals surface area (Å²) in [5.74, 6) is 1.03. The fourth-order valence-corrected chi connectivity index (χ4v) is 5.23. The molecule has 35 heavy (non-hydrogen) atoms. The molecule has 0 bridgehead atoms. The minimum absolute atomic E-state index is 0.209. The number of anilines is 2. The van der Waals surface area contributed by atoms with Crippen LogP contribution in [0.2, 0.25) is 0 Å². The van der Waals surface area contributed by atoms with Crippen LogP contribution in [0.5, 0.6) is 5.75 Å². The molecule has 192 valence electrons. The van der Waals surface area contributed by atoms with Crippen molar-refractivity contribution in [2.45, 2.75) is 58.1 Å². The SMILES string of the molecule is CC(C)Oc1ccccc1N1CCN(C2CCCCC2)CC1.CNC(=O)Nc1cc(P)ccc1P. The first kappa shape index (κ1) is 27.7. The zero-order valence-corrected chi connectivity index (χ0v) is 23.7. The molecule has 1 saturated heterocycles. The summed E-state index contributed by atoms with van der Waals surface area (Å²) in [6, 6.07) is 14.9. The highest BCUT2D eigenvalue weighted by Gasteiger charge is 2.26. The third-order valence-corrected chi connectivity index (χ3v) is 7.39. The van der Waals surface area contributed by atoms with E-state index in [0.29, 0.717) is 0 Å². The number of amides is 2. The molecule has 0 radical (unpaired) electrons. The fourth-order valence-electron chi connectivity index (χ4n) is 4.71. The molecule has 2 aromatic carbocycles. The van der Waals surface area contributed by atoms with Crippen molar-refractivity contribution in [3.63, 3.8) is 0 Å². The van der Waals surface area contributed by atoms with E-state index in [1.807, 2.05) is 18.2 Å². The average Bonchev–Trinajstić information content (AvgIpc) is 2.87. The number of benzene rings is 2. The summed E-state index contributed by atoms with van der Waals surface area (Å²) in [7, 11) is 6.74. The predicted molar refractivity (Wildman–Crippen MR) is 156 cm³/mol. The fraction of sp³-hybridized carbons (Fsp3) is 0.519. The molecule has 6 nitrogen and oxygen atoms in total. The van der Waals surface area contributed by atoms with E-state index in [0.717, 1.165) is 41.2 Å². The van der Waals surface area contributed by atoms with Gasteiger partial charge in [0.15, 0.2) is 0 Å². The van der Waals surface area contributed by atoms with Crippen LogP contribution in [0.1, 0.15) is 46.0 Å². The van der Waals surface area contributed by atoms with Crippen molar-refractivity contribution in [1.82, 2.24) is 10.2 Å². The zero-order valence-electron chi connectivity index (χ0n) is 21.4. The van der Waals surface area contributed by atoms with E-state index in [-0.39, 0.29) is 12.1 Å². The minimum atomic E-state index is -0.209. The molecule has 2 unspecified atom stereocenters. The predicted octanol–water partition coefficient (Wildman–Crippen LogP) is 4.37. The van der Waals surface area contributed by atoms with E-state index in [4.69, 9.17) is 4.74 Å². The number of ether oxygens (including phenoxy) is 1. The van der Waals surface area contributed by atoms with Crippen LogP contribution in [0.4, 0.5) is 16.2 Å². The third kappa shape index (κ3) is 8.63. The Morgan fingerprint density at radius 2 is 1.69 bits per heavy atom. The number of nitrogens with zero attached hydrogens (tertiary/aromatic N) is 2. The second kappa shape index (κ2) is 14.0. The molecule has 2 aliphatic rings. The number of urea groups is 1. The molecule has 4 rings (SSSR count). The van der Waals surface area contributed by atoms with Crippen molar-refractivity contribution < 1.29 is 9.53 Å². The summed E-state index contributed by atoms with van der Waals surface area (Å²) >= 11 is 0. The lowest BCUT2D eigenvalue weighted by Crippen LogP contribution is -2.50. The minimum Gasteiger partial charge on any atom is -0.489 e. The standard InChI is InChI=1S/C19H30N2O.C8H12N2OP2/c1-16(2)22-19-11-7-6-10-18(19)21-14-12-20(13-15-21)17-8-4-3-5-9-17;1-9-8(11)10-6-4-5(12)2-3-7(6)13/h6-7,10-11,16-17H,3-5,8-9,12-15H2,1-2H3;2-4H,12-13H2,1H3,(H2,9,10,11). The maximum atomic E-state index is 11.0. The number of hydrogen-bond acceptors (Lipinski definition) is 4. The van der Waals surface area contributed by atoms with Crippen molar-refractivity contribution in [2.75, 3.05) is 43.4 Å². The number of hydrogen-bond donors (Lipinski definition) is 2. The van der Waals surface area contributed by atoms with Crippen LogP contribution in [0, 0.1) is 0 Å². The molecular weight excluding hydrogens is 474 g/mol. The number of piperazine rings is 1. The quantitative estimate of drug-likeness (QED) is 0.580. The Bertz CT molecular complexity index is 943. The van der Waals surface area contributed by atoms with Crippen LogP contribution in [0.3, 0.4) is 0 Å². The first-order chi connectivity index (χ1) is 16.9. The molecule has 2 amide bonds. The normalized spacial score (nSPS) is 16.9. The molecule has 2 atom stereocenters. The highest BCUT2D eigenvalue weighted by atomic mass is 31.0. The van der Waals surface area contributed by atoms with Crippen molar-refractivity contribution in [1.29, 1.82) is 0 Å². The molecule has 0 spiro atoms. The van der Waals surface area contributed by atoms with Crippen LogP contribution in [0.15, 0.2) is 42.5 Å². The molecule has 2 fully saturated rings. The molecule has 1 saturated carbocycles. The zero-order chi connectivity index (χ0) is 25.2. The van der Waals surface area contributed by atoms with Crippen LogP contribution in [0.25, 0.3) is 0 Å². The summed E-state index contributed by atoms with van der Waals surface area (Å²) in [5.41, 5.74) is 2.07. The topological polar surface area (TPSA) is 56.8 Å². The first-order valence-electron chi connectivity index (χ1n) is 12.8. The van der Waals surface area contributed by atoms with Crippen LogP contribution >= 0.6 is 18.5 Å². The van der Waals surface area contributed by atoms with Crippen molar-refractivity contribution >= 4 is 46.5 Å². The summed E-state index contributed by atoms with van der Waals surface area (Å²) in [6.07, 6.45) is 7.34. The van der Waals surface area contributed by atoms with E-state index < -0.39 is 0 Å². The van der Waals surface area contributed by atoms with Crippen molar-refractivity contribution in [3.05, 3.63) is 42.5 Å². The van der Waals surface area contributed by atoms with Gasteiger partial charge in [-0.05, 0) is 55.5 Å². The van der Waals surface area contributed by atoms with Crippen molar-refractivity contribution in [2.24, 2.45) is 0 Å². The van der Waals surface area contributed by atoms with Crippen molar-refractivity contribution in [3.8, 4) is 5.75 Å². The highest BCUT2D eigenvalue weighted by molar-refractivity contribution is 7.28. The monoisotopic (exact) mass is 516 g/mol. The molecule has 0 aromatic heterocycles. The van der Waals surface area contributed by atoms with E-state index in [9.17, 15) is 4.79 Å². The Labute approximate surface area is 216 Å². The van der Waals surface area contributed by atoms with E-state index >= 15 is 0 Å². The largest absolute Gasteiger partial charge is 0.489 e. The van der Waals surface area contributed by atoms with Gasteiger partial charge in [-0.3, -0.25) is 4.90 Å². The van der Waals surface area contributed by atoms with Gasteiger partial charge in [0, 0.05) is 39.3 Å². The van der Waals surface area contributed by atoms with Crippen LogP contribution < -0.4 is 30.9 Å². The summed E-state index contributed by atoms with van der Waals surface area (Å²) < 4.78 is 5.99. The lowest BCUT2D eigenvalue weighted by atomic mass is 9.94. The smallest absolute Gasteiger partial charge is 0.318 e. The second-order valence-corrected chi connectivity index (χ2v) is 10.8. The van der Waals surface area contributed by atoms with Gasteiger partial charge in [-0.1, -0.05) is 43.5 Å². The Balaban J connectivity index is 0.000000225. The average molecular weight is 517 g/mol. The van der Waals surface area contributed by atoms with Gasteiger partial charge in [-0.2, -0.15) is 0 Å². The van der Waals surface area contributed by atoms with Gasteiger partial charge in [0.1, 0.15) is 5.75 Å². The van der Waals surface area contributed by atoms with Gasteiger partial charge in [-0.25, -0.2) is 4.79 Å².